The van der Waals surface area contributed by atoms with E-state index in [-0.39, 0.29) is 35.9 Å². The van der Waals surface area contributed by atoms with Crippen molar-refractivity contribution in [2.24, 2.45) is 13.0 Å². The van der Waals surface area contributed by atoms with Gasteiger partial charge in [0.25, 0.3) is 5.91 Å². The standard InChI is InChI=1S/C44H53BrFN7O3/c1-28(40-26-36-37(45)11-18-47-42(36)50(40)2)52-23-16-31(17-24-52)30-3-5-33(6-4-30)44(56)53-21-12-29(13-22-53)27-51-19-14-32(15-20-51)35-8-7-34(25-38(35)46)48-39-9-10-41(54)49-43(39)55/h3-8,11,18,25-26,28-29,31-32,39,48H,9-10,12-17,19-24,27H2,1-2H3,(H,49,54,55). The van der Waals surface area contributed by atoms with Gasteiger partial charge in [-0.25, -0.2) is 9.37 Å². The van der Waals surface area contributed by atoms with E-state index in [0.717, 1.165) is 111 Å². The molecule has 12 heteroatoms. The highest BCUT2D eigenvalue weighted by Gasteiger charge is 2.31. The molecule has 4 saturated heterocycles. The summed E-state index contributed by atoms with van der Waals surface area (Å²) in [5.74, 6) is 0.482. The van der Waals surface area contributed by atoms with Crippen molar-refractivity contribution in [1.82, 2.24) is 29.6 Å². The molecular formula is C44H53BrFN7O3. The summed E-state index contributed by atoms with van der Waals surface area (Å²) in [7, 11) is 2.11. The number of carbonyl (C=O) groups is 3. The minimum Gasteiger partial charge on any atom is -0.374 e. The van der Waals surface area contributed by atoms with Gasteiger partial charge in [0.05, 0.1) is 0 Å². The number of carbonyl (C=O) groups excluding carboxylic acids is 3. The monoisotopic (exact) mass is 825 g/mol. The van der Waals surface area contributed by atoms with E-state index >= 15 is 4.39 Å². The van der Waals surface area contributed by atoms with Crippen LogP contribution in [-0.2, 0) is 16.6 Å². The fourth-order valence-corrected chi connectivity index (χ4v) is 10.00. The van der Waals surface area contributed by atoms with Gasteiger partial charge in [0.1, 0.15) is 17.5 Å². The second-order valence-corrected chi connectivity index (χ2v) is 17.3. The number of piperidine rings is 4. The van der Waals surface area contributed by atoms with E-state index in [1.54, 1.807) is 0 Å². The maximum Gasteiger partial charge on any atom is 0.253 e. The third-order valence-corrected chi connectivity index (χ3v) is 13.8. The number of rotatable bonds is 9. The molecule has 2 unspecified atom stereocenters. The number of aryl methyl sites for hydroxylation is 1. The highest BCUT2D eigenvalue weighted by molar-refractivity contribution is 9.10. The molecule has 2 aromatic heterocycles. The minimum atomic E-state index is -0.531. The Labute approximate surface area is 337 Å². The molecule has 8 rings (SSSR count). The van der Waals surface area contributed by atoms with Crippen LogP contribution >= 0.6 is 15.9 Å². The number of amides is 3. The molecule has 4 fully saturated rings. The highest BCUT2D eigenvalue weighted by Crippen LogP contribution is 2.36. The average Bonchev–Trinajstić information content (AvgIpc) is 3.56. The van der Waals surface area contributed by atoms with E-state index in [0.29, 0.717) is 30.0 Å². The Balaban J connectivity index is 0.762. The van der Waals surface area contributed by atoms with Gasteiger partial charge in [-0.15, -0.1) is 0 Å². The minimum absolute atomic E-state index is 0.135. The summed E-state index contributed by atoms with van der Waals surface area (Å²) in [5, 5.41) is 6.57. The van der Waals surface area contributed by atoms with Gasteiger partial charge >= 0.3 is 0 Å². The molecule has 3 amide bonds. The number of hydrogen-bond donors (Lipinski definition) is 2. The molecule has 4 aliphatic heterocycles. The maximum atomic E-state index is 15.2. The summed E-state index contributed by atoms with van der Waals surface area (Å²) < 4.78 is 18.5. The van der Waals surface area contributed by atoms with Crippen molar-refractivity contribution >= 4 is 50.4 Å². The van der Waals surface area contributed by atoms with Crippen molar-refractivity contribution in [3.05, 3.63) is 93.5 Å². The van der Waals surface area contributed by atoms with Crippen LogP contribution in [0.2, 0.25) is 0 Å². The molecule has 296 valence electrons. The van der Waals surface area contributed by atoms with Crippen LogP contribution in [0.15, 0.2) is 65.3 Å². The lowest BCUT2D eigenvalue weighted by Gasteiger charge is -2.38. The first-order valence-electron chi connectivity index (χ1n) is 20.5. The first-order valence-corrected chi connectivity index (χ1v) is 21.3. The lowest BCUT2D eigenvalue weighted by Crippen LogP contribution is -2.47. The number of fused-ring (bicyclic) bond motifs is 1. The largest absolute Gasteiger partial charge is 0.374 e. The number of likely N-dealkylation sites (tertiary alicyclic amines) is 3. The second-order valence-electron chi connectivity index (χ2n) is 16.5. The van der Waals surface area contributed by atoms with Crippen LogP contribution in [-0.4, -0.2) is 93.8 Å². The third-order valence-electron chi connectivity index (χ3n) is 13.1. The number of hydrogen-bond acceptors (Lipinski definition) is 7. The molecule has 0 bridgehead atoms. The smallest absolute Gasteiger partial charge is 0.253 e. The van der Waals surface area contributed by atoms with Gasteiger partial charge < -0.3 is 19.7 Å². The van der Waals surface area contributed by atoms with Gasteiger partial charge in [-0.2, -0.15) is 0 Å². The van der Waals surface area contributed by atoms with Gasteiger partial charge in [0.15, 0.2) is 0 Å². The van der Waals surface area contributed by atoms with Crippen molar-refractivity contribution in [2.75, 3.05) is 51.1 Å². The van der Waals surface area contributed by atoms with Gasteiger partial charge in [-0.1, -0.05) is 18.2 Å². The number of pyridine rings is 1. The Bertz CT molecular complexity index is 2060. The number of anilines is 1. The number of aromatic nitrogens is 2. The second kappa shape index (κ2) is 16.8. The first-order chi connectivity index (χ1) is 27.1. The van der Waals surface area contributed by atoms with E-state index in [2.05, 4.69) is 78.1 Å². The molecule has 10 nitrogen and oxygen atoms in total. The van der Waals surface area contributed by atoms with E-state index in [4.69, 9.17) is 0 Å². The molecule has 0 saturated carbocycles. The van der Waals surface area contributed by atoms with Crippen LogP contribution < -0.4 is 10.6 Å². The molecule has 6 heterocycles. The lowest BCUT2D eigenvalue weighted by molar-refractivity contribution is -0.133. The predicted octanol–water partition coefficient (Wildman–Crippen LogP) is 7.36. The fourth-order valence-electron chi connectivity index (χ4n) is 9.59. The first kappa shape index (κ1) is 38.7. The third kappa shape index (κ3) is 8.29. The summed E-state index contributed by atoms with van der Waals surface area (Å²) >= 11 is 3.69. The van der Waals surface area contributed by atoms with E-state index in [1.165, 1.54) is 17.3 Å². The zero-order chi connectivity index (χ0) is 38.9. The highest BCUT2D eigenvalue weighted by atomic mass is 79.9. The lowest BCUT2D eigenvalue weighted by atomic mass is 9.87. The van der Waals surface area contributed by atoms with Crippen molar-refractivity contribution in [1.29, 1.82) is 0 Å². The number of imide groups is 1. The summed E-state index contributed by atoms with van der Waals surface area (Å²) in [6.07, 6.45) is 8.56. The van der Waals surface area contributed by atoms with E-state index in [1.807, 2.05) is 41.4 Å². The summed E-state index contributed by atoms with van der Waals surface area (Å²) in [4.78, 5) is 48.8. The van der Waals surface area contributed by atoms with Crippen molar-refractivity contribution in [3.8, 4) is 0 Å². The van der Waals surface area contributed by atoms with Crippen LogP contribution in [0.25, 0.3) is 11.0 Å². The van der Waals surface area contributed by atoms with Crippen LogP contribution in [0.1, 0.15) is 103 Å². The van der Waals surface area contributed by atoms with E-state index in [9.17, 15) is 14.4 Å². The number of halogens is 2. The Morgan fingerprint density at radius 2 is 1.62 bits per heavy atom. The summed E-state index contributed by atoms with van der Waals surface area (Å²) in [5.41, 5.74) is 5.69. The molecule has 0 aliphatic carbocycles. The quantitative estimate of drug-likeness (QED) is 0.170. The fraction of sp³-hybridized carbons (Fsp3) is 0.500. The number of nitrogens with one attached hydrogen (secondary N) is 2. The molecule has 2 aromatic carbocycles. The van der Waals surface area contributed by atoms with E-state index < -0.39 is 6.04 Å². The zero-order valence-corrected chi connectivity index (χ0v) is 34.1. The Morgan fingerprint density at radius 1 is 0.911 bits per heavy atom. The van der Waals surface area contributed by atoms with Gasteiger partial charge in [0.2, 0.25) is 11.8 Å². The molecule has 0 radical (unpaired) electrons. The maximum absolute atomic E-state index is 15.2. The van der Waals surface area contributed by atoms with Crippen molar-refractivity contribution < 1.29 is 18.8 Å². The molecule has 4 aliphatic rings. The number of benzene rings is 2. The molecule has 0 spiro atoms. The Kier molecular flexibility index (Phi) is 11.6. The average molecular weight is 827 g/mol. The molecule has 4 aromatic rings. The van der Waals surface area contributed by atoms with Gasteiger partial charge in [-0.3, -0.25) is 24.6 Å². The molecular weight excluding hydrogens is 773 g/mol. The zero-order valence-electron chi connectivity index (χ0n) is 32.5. The molecule has 2 N–H and O–H groups in total. The summed E-state index contributed by atoms with van der Waals surface area (Å²) in [6.45, 7) is 8.83. The molecule has 2 atom stereocenters. The number of nitrogens with zero attached hydrogens (tertiary/aromatic N) is 5. The van der Waals surface area contributed by atoms with Crippen LogP contribution in [0.3, 0.4) is 0 Å². The van der Waals surface area contributed by atoms with Crippen LogP contribution in [0.5, 0.6) is 0 Å². The van der Waals surface area contributed by atoms with Crippen LogP contribution in [0, 0.1) is 11.7 Å². The molecule has 56 heavy (non-hydrogen) atoms. The van der Waals surface area contributed by atoms with Gasteiger partial charge in [0, 0.05) is 72.1 Å². The predicted molar refractivity (Wildman–Crippen MR) is 220 cm³/mol. The summed E-state index contributed by atoms with van der Waals surface area (Å²) in [6, 6.07) is 17.6. The van der Waals surface area contributed by atoms with Gasteiger partial charge in [-0.05, 0) is 159 Å². The topological polar surface area (TPSA) is 103 Å². The SMILES string of the molecule is CC(c1cc2c(Br)ccnc2n1C)N1CCC(c2ccc(C(=O)N3CCC(CN4CCC(c5ccc(NC6CCC(=O)NC6=O)cc5F)CC4)CC3)cc2)CC1. The van der Waals surface area contributed by atoms with Crippen molar-refractivity contribution in [3.63, 3.8) is 0 Å². The Hall–Kier alpha value is -4.13. The Morgan fingerprint density at radius 3 is 2.30 bits per heavy atom. The van der Waals surface area contributed by atoms with Crippen molar-refractivity contribution in [2.45, 2.75) is 82.2 Å². The normalized spacial score (nSPS) is 21.7. The van der Waals surface area contributed by atoms with Crippen LogP contribution in [0.4, 0.5) is 10.1 Å².